The molecule has 2 aromatic carbocycles. The fourth-order valence-electron chi connectivity index (χ4n) is 3.88. The zero-order valence-electron chi connectivity index (χ0n) is 18.4. The van der Waals surface area contributed by atoms with Crippen LogP contribution in [0.3, 0.4) is 0 Å². The largest absolute Gasteiger partial charge is 0.496 e. The molecule has 0 saturated heterocycles. The number of H-pyrrole nitrogens is 1. The Morgan fingerprint density at radius 3 is 2.76 bits per heavy atom. The molecule has 168 valence electrons. The first-order chi connectivity index (χ1) is 16.0. The van der Waals surface area contributed by atoms with E-state index in [2.05, 4.69) is 33.5 Å². The highest BCUT2D eigenvalue weighted by Crippen LogP contribution is 2.32. The normalized spacial score (nSPS) is 10.8. The molecule has 2 heterocycles. The number of aromatic nitrogens is 2. The van der Waals surface area contributed by atoms with Crippen LogP contribution in [0.1, 0.15) is 24.0 Å². The molecule has 0 aliphatic carbocycles. The SMILES string of the molecule is COc1ccc(NC(=O)CCCc2c(-c3ccccn3)[nH]c3ccc(C)cc23)c([N+](=O)[O-])c1. The molecule has 0 atom stereocenters. The van der Waals surface area contributed by atoms with E-state index in [1.807, 2.05) is 25.1 Å². The Hall–Kier alpha value is -4.20. The maximum Gasteiger partial charge on any atom is 0.296 e. The molecule has 0 saturated carbocycles. The van der Waals surface area contributed by atoms with Crippen LogP contribution in [0.5, 0.6) is 5.75 Å². The van der Waals surface area contributed by atoms with Crippen molar-refractivity contribution >= 4 is 28.2 Å². The topological polar surface area (TPSA) is 110 Å². The number of carbonyl (C=O) groups excluding carboxylic acids is 1. The summed E-state index contributed by atoms with van der Waals surface area (Å²) in [5, 5.41) is 15.1. The molecular formula is C25H24N4O4. The third-order valence-electron chi connectivity index (χ3n) is 5.49. The predicted molar refractivity (Wildman–Crippen MR) is 127 cm³/mol. The molecule has 0 bridgehead atoms. The maximum absolute atomic E-state index is 12.6. The van der Waals surface area contributed by atoms with Gasteiger partial charge in [0.15, 0.2) is 0 Å². The van der Waals surface area contributed by atoms with Crippen molar-refractivity contribution in [1.29, 1.82) is 0 Å². The zero-order valence-corrected chi connectivity index (χ0v) is 18.4. The van der Waals surface area contributed by atoms with Crippen molar-refractivity contribution in [2.75, 3.05) is 12.4 Å². The van der Waals surface area contributed by atoms with E-state index in [4.69, 9.17) is 4.74 Å². The molecule has 0 aliphatic rings. The quantitative estimate of drug-likeness (QED) is 0.279. The van der Waals surface area contributed by atoms with Gasteiger partial charge in [0.2, 0.25) is 5.91 Å². The van der Waals surface area contributed by atoms with E-state index in [0.29, 0.717) is 18.6 Å². The van der Waals surface area contributed by atoms with E-state index >= 15 is 0 Å². The predicted octanol–water partition coefficient (Wildman–Crippen LogP) is 5.42. The van der Waals surface area contributed by atoms with Gasteiger partial charge in [-0.15, -0.1) is 0 Å². The van der Waals surface area contributed by atoms with Crippen molar-refractivity contribution in [2.24, 2.45) is 0 Å². The summed E-state index contributed by atoms with van der Waals surface area (Å²) < 4.78 is 5.04. The Morgan fingerprint density at radius 1 is 1.18 bits per heavy atom. The minimum atomic E-state index is -0.536. The maximum atomic E-state index is 12.6. The van der Waals surface area contributed by atoms with E-state index in [1.54, 1.807) is 12.3 Å². The number of hydrogen-bond acceptors (Lipinski definition) is 5. The Bertz CT molecular complexity index is 1310. The number of ether oxygens (including phenoxy) is 1. The monoisotopic (exact) mass is 444 g/mol. The number of aromatic amines is 1. The van der Waals surface area contributed by atoms with Gasteiger partial charge in [-0.1, -0.05) is 17.7 Å². The summed E-state index contributed by atoms with van der Waals surface area (Å²) in [6, 6.07) is 16.4. The van der Waals surface area contributed by atoms with Gasteiger partial charge < -0.3 is 15.0 Å². The summed E-state index contributed by atoms with van der Waals surface area (Å²) in [7, 11) is 1.43. The van der Waals surface area contributed by atoms with Gasteiger partial charge in [-0.3, -0.25) is 19.9 Å². The number of nitro benzene ring substituents is 1. The smallest absolute Gasteiger partial charge is 0.296 e. The van der Waals surface area contributed by atoms with Gasteiger partial charge in [0.05, 0.1) is 29.5 Å². The number of rotatable bonds is 8. The lowest BCUT2D eigenvalue weighted by atomic mass is 10.0. The number of nitrogens with one attached hydrogen (secondary N) is 2. The van der Waals surface area contributed by atoms with Crippen LogP contribution in [0.4, 0.5) is 11.4 Å². The average molecular weight is 444 g/mol. The molecule has 4 rings (SSSR count). The minimum absolute atomic E-state index is 0.155. The molecular weight excluding hydrogens is 420 g/mol. The number of methoxy groups -OCH3 is 1. The number of carbonyl (C=O) groups is 1. The fraction of sp³-hybridized carbons (Fsp3) is 0.200. The van der Waals surface area contributed by atoms with Crippen LogP contribution >= 0.6 is 0 Å². The number of benzene rings is 2. The van der Waals surface area contributed by atoms with Crippen molar-refractivity contribution in [1.82, 2.24) is 9.97 Å². The highest BCUT2D eigenvalue weighted by atomic mass is 16.6. The number of hydrogen-bond donors (Lipinski definition) is 2. The van der Waals surface area contributed by atoms with Gasteiger partial charge >= 0.3 is 0 Å². The molecule has 33 heavy (non-hydrogen) atoms. The third kappa shape index (κ3) is 4.85. The van der Waals surface area contributed by atoms with Gasteiger partial charge in [0.25, 0.3) is 5.69 Å². The third-order valence-corrected chi connectivity index (χ3v) is 5.49. The molecule has 0 aliphatic heterocycles. The summed E-state index contributed by atoms with van der Waals surface area (Å²) in [6.07, 6.45) is 3.22. The second-order valence-electron chi connectivity index (χ2n) is 7.78. The summed E-state index contributed by atoms with van der Waals surface area (Å²) >= 11 is 0. The molecule has 0 unspecified atom stereocenters. The van der Waals surface area contributed by atoms with Gasteiger partial charge in [-0.2, -0.15) is 0 Å². The van der Waals surface area contributed by atoms with Crippen molar-refractivity contribution in [2.45, 2.75) is 26.2 Å². The molecule has 1 amide bonds. The van der Waals surface area contributed by atoms with E-state index < -0.39 is 4.92 Å². The Kier molecular flexibility index (Phi) is 6.35. The first-order valence-corrected chi connectivity index (χ1v) is 10.6. The lowest BCUT2D eigenvalue weighted by molar-refractivity contribution is -0.384. The molecule has 0 fully saturated rings. The standard InChI is InChI=1S/C25H24N4O4/c1-16-9-11-20-19(14-16)18(25(28-20)22-7-3-4-13-26-22)6-5-8-24(30)27-21-12-10-17(33-2)15-23(21)29(31)32/h3-4,7,9-15,28H,5-6,8H2,1-2H3,(H,27,30). The van der Waals surface area contributed by atoms with Crippen LogP contribution in [-0.2, 0) is 11.2 Å². The van der Waals surface area contributed by atoms with Gasteiger partial charge in [-0.25, -0.2) is 0 Å². The van der Waals surface area contributed by atoms with E-state index in [9.17, 15) is 14.9 Å². The number of aryl methyl sites for hydroxylation is 2. The molecule has 8 nitrogen and oxygen atoms in total. The summed E-state index contributed by atoms with van der Waals surface area (Å²) in [5.74, 6) is 0.0788. The molecule has 0 radical (unpaired) electrons. The van der Waals surface area contributed by atoms with Crippen LogP contribution < -0.4 is 10.1 Å². The van der Waals surface area contributed by atoms with Crippen LogP contribution in [-0.4, -0.2) is 27.9 Å². The minimum Gasteiger partial charge on any atom is -0.496 e. The second kappa shape index (κ2) is 9.52. The number of fused-ring (bicyclic) bond motifs is 1. The lowest BCUT2D eigenvalue weighted by Crippen LogP contribution is -2.13. The number of anilines is 1. The van der Waals surface area contributed by atoms with E-state index in [1.165, 1.54) is 19.2 Å². The summed E-state index contributed by atoms with van der Waals surface area (Å²) in [4.78, 5) is 31.3. The number of pyridine rings is 1. The van der Waals surface area contributed by atoms with Crippen molar-refractivity contribution < 1.29 is 14.5 Å². The Labute approximate surface area is 190 Å². The molecule has 2 N–H and O–H groups in total. The van der Waals surface area contributed by atoms with Crippen molar-refractivity contribution in [3.05, 3.63) is 82.0 Å². The second-order valence-corrected chi connectivity index (χ2v) is 7.78. The lowest BCUT2D eigenvalue weighted by Gasteiger charge is -2.08. The summed E-state index contributed by atoms with van der Waals surface area (Å²) in [5.41, 5.74) is 5.03. The zero-order chi connectivity index (χ0) is 23.4. The van der Waals surface area contributed by atoms with E-state index in [0.717, 1.165) is 33.4 Å². The average Bonchev–Trinajstić information content (AvgIpc) is 3.17. The van der Waals surface area contributed by atoms with Gasteiger partial charge in [0.1, 0.15) is 11.4 Å². The van der Waals surface area contributed by atoms with Crippen LogP contribution in [0.2, 0.25) is 0 Å². The highest BCUT2D eigenvalue weighted by Gasteiger charge is 2.18. The molecule has 4 aromatic rings. The van der Waals surface area contributed by atoms with Crippen LogP contribution in [0.25, 0.3) is 22.3 Å². The van der Waals surface area contributed by atoms with E-state index in [-0.39, 0.29) is 23.7 Å². The van der Waals surface area contributed by atoms with Gasteiger partial charge in [-0.05, 0) is 61.7 Å². The van der Waals surface area contributed by atoms with Crippen LogP contribution in [0, 0.1) is 17.0 Å². The summed E-state index contributed by atoms with van der Waals surface area (Å²) in [6.45, 7) is 2.05. The number of nitro groups is 1. The first-order valence-electron chi connectivity index (χ1n) is 10.6. The molecule has 8 heteroatoms. The Balaban J connectivity index is 1.51. The van der Waals surface area contributed by atoms with Crippen LogP contribution in [0.15, 0.2) is 60.8 Å². The van der Waals surface area contributed by atoms with Crippen molar-refractivity contribution in [3.8, 4) is 17.1 Å². The van der Waals surface area contributed by atoms with Crippen molar-refractivity contribution in [3.63, 3.8) is 0 Å². The van der Waals surface area contributed by atoms with Gasteiger partial charge in [0, 0.05) is 23.5 Å². The fourth-order valence-corrected chi connectivity index (χ4v) is 3.88. The molecule has 2 aromatic heterocycles. The number of nitrogens with zero attached hydrogens (tertiary/aromatic N) is 2. The number of amides is 1. The highest BCUT2D eigenvalue weighted by molar-refractivity contribution is 5.94. The Morgan fingerprint density at radius 2 is 2.03 bits per heavy atom. The first kappa shape index (κ1) is 22.0. The molecule has 0 spiro atoms.